The zero-order valence-corrected chi connectivity index (χ0v) is 16.2. The summed E-state index contributed by atoms with van der Waals surface area (Å²) < 4.78 is 26.3. The van der Waals surface area contributed by atoms with Crippen LogP contribution in [0.5, 0.6) is 0 Å². The summed E-state index contributed by atoms with van der Waals surface area (Å²) in [5.74, 6) is -0.246. The molecule has 0 spiro atoms. The number of carbonyl (C=O) groups excluding carboxylic acids is 1. The average Bonchev–Trinajstić information content (AvgIpc) is 3.17. The Morgan fingerprint density at radius 3 is 2.04 bits per heavy atom. The van der Waals surface area contributed by atoms with E-state index >= 15 is 0 Å². The molecule has 1 aliphatic rings. The number of benzene rings is 2. The lowest BCUT2D eigenvalue weighted by molar-refractivity contribution is 0.102. The molecule has 0 saturated carbocycles. The highest BCUT2D eigenvalue weighted by atomic mass is 32.2. The minimum Gasteiger partial charge on any atom is -0.364 e. The molecule has 142 valence electrons. The van der Waals surface area contributed by atoms with Crippen LogP contribution in [0.25, 0.3) is 0 Å². The minimum atomic E-state index is -3.40. The van der Waals surface area contributed by atoms with Gasteiger partial charge in [0.25, 0.3) is 5.91 Å². The van der Waals surface area contributed by atoms with Crippen molar-refractivity contribution in [2.75, 3.05) is 28.0 Å². The van der Waals surface area contributed by atoms with Crippen LogP contribution in [0.1, 0.15) is 24.2 Å². The monoisotopic (exact) mass is 385 g/mol. The molecule has 1 heterocycles. The van der Waals surface area contributed by atoms with Gasteiger partial charge in [-0.05, 0) is 62.4 Å². The number of amides is 1. The van der Waals surface area contributed by atoms with Gasteiger partial charge >= 0.3 is 0 Å². The Bertz CT molecular complexity index is 925. The minimum absolute atomic E-state index is 0.246. The highest BCUT2D eigenvalue weighted by Crippen LogP contribution is 2.20. The number of sulfonamides is 1. The summed E-state index contributed by atoms with van der Waals surface area (Å²) in [6.07, 6.45) is 4.25. The third kappa shape index (κ3) is 4.68. The molecule has 7 heteroatoms. The Morgan fingerprint density at radius 1 is 0.926 bits per heavy atom. The van der Waals surface area contributed by atoms with E-state index < -0.39 is 15.3 Å². The van der Waals surface area contributed by atoms with E-state index in [-0.39, 0.29) is 5.91 Å². The van der Waals surface area contributed by atoms with E-state index in [0.29, 0.717) is 16.9 Å². The molecule has 3 rings (SSSR count). The van der Waals surface area contributed by atoms with Crippen LogP contribution in [0.2, 0.25) is 0 Å². The maximum Gasteiger partial charge on any atom is 0.255 e. The van der Waals surface area contributed by atoms with Gasteiger partial charge in [-0.1, -0.05) is 12.2 Å². The lowest BCUT2D eigenvalue weighted by Gasteiger charge is -2.18. The normalized spacial score (nSPS) is 13.8. The Kier molecular flexibility index (Phi) is 5.51. The molecule has 0 radical (unpaired) electrons. The molecule has 0 aromatic heterocycles. The van der Waals surface area contributed by atoms with Crippen LogP contribution < -0.4 is 14.9 Å². The fourth-order valence-electron chi connectivity index (χ4n) is 2.62. The number of rotatable bonds is 6. The molecule has 0 bridgehead atoms. The number of hydrogen-bond donors (Lipinski definition) is 2. The molecule has 0 unspecified atom stereocenters. The van der Waals surface area contributed by atoms with Crippen LogP contribution in [-0.4, -0.2) is 32.7 Å². The zero-order valence-electron chi connectivity index (χ0n) is 15.3. The SMILES string of the molecule is CC(C)S(=O)(=O)Nc1ccc(C(=O)Nc2ccc(N3CC=CC3)cc2)cc1. The molecule has 27 heavy (non-hydrogen) atoms. The summed E-state index contributed by atoms with van der Waals surface area (Å²) in [7, 11) is -3.40. The molecular weight excluding hydrogens is 362 g/mol. The van der Waals surface area contributed by atoms with Crippen molar-refractivity contribution in [3.05, 3.63) is 66.2 Å². The fraction of sp³-hybridized carbons (Fsp3) is 0.250. The second-order valence-corrected chi connectivity index (χ2v) is 8.89. The first-order valence-electron chi connectivity index (χ1n) is 8.78. The zero-order chi connectivity index (χ0) is 19.4. The first-order chi connectivity index (χ1) is 12.8. The van der Waals surface area contributed by atoms with Gasteiger partial charge in [0.15, 0.2) is 0 Å². The van der Waals surface area contributed by atoms with Crippen molar-refractivity contribution < 1.29 is 13.2 Å². The van der Waals surface area contributed by atoms with Gasteiger partial charge in [-0.15, -0.1) is 0 Å². The van der Waals surface area contributed by atoms with Crippen molar-refractivity contribution in [2.24, 2.45) is 0 Å². The summed E-state index contributed by atoms with van der Waals surface area (Å²) in [5, 5.41) is 2.32. The predicted molar refractivity (Wildman–Crippen MR) is 110 cm³/mol. The molecular formula is C20H23N3O3S. The highest BCUT2D eigenvalue weighted by Gasteiger charge is 2.16. The van der Waals surface area contributed by atoms with E-state index in [4.69, 9.17) is 0 Å². The summed E-state index contributed by atoms with van der Waals surface area (Å²) in [5.41, 5.74) is 2.71. The predicted octanol–water partition coefficient (Wildman–Crippen LogP) is 3.47. The average molecular weight is 385 g/mol. The van der Waals surface area contributed by atoms with Crippen LogP contribution >= 0.6 is 0 Å². The Labute approximate surface area is 159 Å². The highest BCUT2D eigenvalue weighted by molar-refractivity contribution is 7.93. The standard InChI is InChI=1S/C20H23N3O3S/c1-15(2)27(25,26)22-18-7-5-16(6-8-18)20(24)21-17-9-11-19(12-10-17)23-13-3-4-14-23/h3-12,15,22H,13-14H2,1-2H3,(H,21,24). The fourth-order valence-corrected chi connectivity index (χ4v) is 3.32. The Balaban J connectivity index is 1.62. The molecule has 2 aromatic carbocycles. The second kappa shape index (κ2) is 7.84. The van der Waals surface area contributed by atoms with Gasteiger partial charge in [0.2, 0.25) is 10.0 Å². The Hall–Kier alpha value is -2.80. The van der Waals surface area contributed by atoms with Crippen molar-refractivity contribution in [3.63, 3.8) is 0 Å². The van der Waals surface area contributed by atoms with Gasteiger partial charge in [-0.25, -0.2) is 8.42 Å². The van der Waals surface area contributed by atoms with Crippen LogP contribution in [0.15, 0.2) is 60.7 Å². The van der Waals surface area contributed by atoms with Crippen molar-refractivity contribution in [2.45, 2.75) is 19.1 Å². The van der Waals surface area contributed by atoms with Crippen LogP contribution in [-0.2, 0) is 10.0 Å². The van der Waals surface area contributed by atoms with E-state index in [1.165, 1.54) is 0 Å². The smallest absolute Gasteiger partial charge is 0.255 e. The van der Waals surface area contributed by atoms with Crippen LogP contribution in [0.4, 0.5) is 17.1 Å². The number of hydrogen-bond acceptors (Lipinski definition) is 4. The molecule has 0 saturated heterocycles. The van der Waals surface area contributed by atoms with Crippen LogP contribution in [0.3, 0.4) is 0 Å². The molecule has 1 aliphatic heterocycles. The van der Waals surface area contributed by atoms with Gasteiger partial charge in [-0.3, -0.25) is 9.52 Å². The van der Waals surface area contributed by atoms with Gasteiger partial charge in [0.05, 0.1) is 5.25 Å². The molecule has 0 atom stereocenters. The van der Waals surface area contributed by atoms with Crippen LogP contribution in [0, 0.1) is 0 Å². The second-order valence-electron chi connectivity index (χ2n) is 6.65. The molecule has 2 N–H and O–H groups in total. The van der Waals surface area contributed by atoms with Gasteiger partial charge in [0, 0.05) is 35.7 Å². The van der Waals surface area contributed by atoms with Gasteiger partial charge < -0.3 is 10.2 Å². The molecule has 0 aliphatic carbocycles. The topological polar surface area (TPSA) is 78.5 Å². The van der Waals surface area contributed by atoms with E-state index in [1.807, 2.05) is 24.3 Å². The summed E-state index contributed by atoms with van der Waals surface area (Å²) in [6, 6.07) is 14.1. The number of anilines is 3. The molecule has 1 amide bonds. The molecule has 6 nitrogen and oxygen atoms in total. The van der Waals surface area contributed by atoms with Gasteiger partial charge in [0.1, 0.15) is 0 Å². The number of carbonyl (C=O) groups is 1. The number of nitrogens with zero attached hydrogens (tertiary/aromatic N) is 1. The molecule has 0 fully saturated rings. The summed E-state index contributed by atoms with van der Waals surface area (Å²) in [4.78, 5) is 14.6. The van der Waals surface area contributed by atoms with Crippen molar-refractivity contribution >= 4 is 33.0 Å². The van der Waals surface area contributed by atoms with Gasteiger partial charge in [-0.2, -0.15) is 0 Å². The third-order valence-corrected chi connectivity index (χ3v) is 6.10. The largest absolute Gasteiger partial charge is 0.364 e. The summed E-state index contributed by atoms with van der Waals surface area (Å²) in [6.45, 7) is 5.02. The van der Waals surface area contributed by atoms with Crippen molar-refractivity contribution in [1.82, 2.24) is 0 Å². The van der Waals surface area contributed by atoms with E-state index in [2.05, 4.69) is 27.1 Å². The van der Waals surface area contributed by atoms with E-state index in [1.54, 1.807) is 38.1 Å². The lowest BCUT2D eigenvalue weighted by Crippen LogP contribution is -2.22. The van der Waals surface area contributed by atoms with E-state index in [0.717, 1.165) is 18.8 Å². The lowest BCUT2D eigenvalue weighted by atomic mass is 10.2. The third-order valence-electron chi connectivity index (χ3n) is 4.34. The Morgan fingerprint density at radius 2 is 1.48 bits per heavy atom. The number of nitrogens with one attached hydrogen (secondary N) is 2. The van der Waals surface area contributed by atoms with Crippen molar-refractivity contribution in [1.29, 1.82) is 0 Å². The maximum atomic E-state index is 12.4. The first-order valence-corrected chi connectivity index (χ1v) is 10.3. The van der Waals surface area contributed by atoms with E-state index in [9.17, 15) is 13.2 Å². The maximum absolute atomic E-state index is 12.4. The molecule has 2 aromatic rings. The first kappa shape index (κ1) is 19.0. The summed E-state index contributed by atoms with van der Waals surface area (Å²) >= 11 is 0. The van der Waals surface area contributed by atoms with Crippen molar-refractivity contribution in [3.8, 4) is 0 Å². The quantitative estimate of drug-likeness (QED) is 0.747.